The lowest BCUT2D eigenvalue weighted by Gasteiger charge is -2.09. The molecule has 0 spiro atoms. The Balaban J connectivity index is 1.59. The molecule has 0 saturated carbocycles. The molecule has 1 aliphatic rings. The number of rotatable bonds is 6. The fourth-order valence-corrected chi connectivity index (χ4v) is 2.50. The van der Waals surface area contributed by atoms with E-state index in [0.29, 0.717) is 12.1 Å². The molecule has 3 N–H and O–H groups in total. The Bertz CT molecular complexity index is 779. The summed E-state index contributed by atoms with van der Waals surface area (Å²) in [5.41, 5.74) is 6.26. The maximum Gasteiger partial charge on any atom is 0.306 e. The fraction of sp³-hybridized carbons (Fsp3) is 0.294. The Kier molecular flexibility index (Phi) is 5.17. The molecule has 0 aliphatic heterocycles. The highest BCUT2D eigenvalue weighted by atomic mass is 19.1. The van der Waals surface area contributed by atoms with Crippen molar-refractivity contribution in [2.75, 3.05) is 11.1 Å². The van der Waals surface area contributed by atoms with Crippen LogP contribution >= 0.6 is 0 Å². The zero-order valence-electron chi connectivity index (χ0n) is 13.5. The molecule has 0 radical (unpaired) electrons. The molecule has 1 aliphatic carbocycles. The van der Waals surface area contributed by atoms with Gasteiger partial charge < -0.3 is 15.8 Å². The van der Waals surface area contributed by atoms with Crippen LogP contribution in [0.5, 0.6) is 0 Å². The van der Waals surface area contributed by atoms with Crippen LogP contribution in [0.4, 0.5) is 22.0 Å². The molecular formula is C17H18FN5O2. The van der Waals surface area contributed by atoms with Crippen molar-refractivity contribution in [3.05, 3.63) is 48.1 Å². The molecule has 8 heteroatoms. The summed E-state index contributed by atoms with van der Waals surface area (Å²) in [6.45, 7) is -0.0832. The lowest BCUT2D eigenvalue weighted by Crippen LogP contribution is -2.12. The van der Waals surface area contributed by atoms with Crippen LogP contribution in [0, 0.1) is 11.7 Å². The average molecular weight is 343 g/mol. The first-order valence-corrected chi connectivity index (χ1v) is 7.94. The molecule has 1 heterocycles. The van der Waals surface area contributed by atoms with Gasteiger partial charge in [0.1, 0.15) is 5.82 Å². The van der Waals surface area contributed by atoms with Crippen LogP contribution < -0.4 is 11.1 Å². The first kappa shape index (κ1) is 16.8. The first-order chi connectivity index (χ1) is 12.1. The zero-order chi connectivity index (χ0) is 17.6. The third-order valence-electron chi connectivity index (χ3n) is 3.70. The number of hydrogen-bond acceptors (Lipinski definition) is 7. The van der Waals surface area contributed by atoms with Gasteiger partial charge in [-0.25, -0.2) is 4.39 Å². The minimum absolute atomic E-state index is 0.00406. The quantitative estimate of drug-likeness (QED) is 0.614. The first-order valence-electron chi connectivity index (χ1n) is 7.94. The molecule has 1 aromatic heterocycles. The van der Waals surface area contributed by atoms with Crippen molar-refractivity contribution < 1.29 is 13.9 Å². The van der Waals surface area contributed by atoms with Crippen LogP contribution in [0.2, 0.25) is 0 Å². The van der Waals surface area contributed by atoms with Crippen molar-refractivity contribution in [2.24, 2.45) is 5.92 Å². The number of nitrogen functional groups attached to an aromatic ring is 1. The number of allylic oxidation sites excluding steroid dienone is 2. The molecule has 1 aromatic carbocycles. The molecule has 1 atom stereocenters. The molecule has 25 heavy (non-hydrogen) atoms. The van der Waals surface area contributed by atoms with Gasteiger partial charge >= 0.3 is 5.97 Å². The van der Waals surface area contributed by atoms with E-state index in [9.17, 15) is 9.18 Å². The van der Waals surface area contributed by atoms with E-state index in [1.807, 2.05) is 6.08 Å². The zero-order valence-corrected chi connectivity index (χ0v) is 13.5. The molecule has 130 valence electrons. The molecule has 2 aromatic rings. The summed E-state index contributed by atoms with van der Waals surface area (Å²) in [4.78, 5) is 23.9. The Morgan fingerprint density at radius 1 is 1.28 bits per heavy atom. The number of ether oxygens (including phenoxy) is 1. The highest BCUT2D eigenvalue weighted by Gasteiger charge is 2.15. The van der Waals surface area contributed by atoms with E-state index in [1.54, 1.807) is 12.1 Å². The van der Waals surface area contributed by atoms with E-state index in [4.69, 9.17) is 10.5 Å². The van der Waals surface area contributed by atoms with Gasteiger partial charge in [0.25, 0.3) is 0 Å². The van der Waals surface area contributed by atoms with Crippen LogP contribution in [0.15, 0.2) is 36.4 Å². The second-order valence-corrected chi connectivity index (χ2v) is 5.70. The largest absolute Gasteiger partial charge is 0.457 e. The summed E-state index contributed by atoms with van der Waals surface area (Å²) >= 11 is 0. The van der Waals surface area contributed by atoms with E-state index in [1.165, 1.54) is 12.1 Å². The number of carbonyl (C=O) groups excluding carboxylic acids is 1. The third-order valence-corrected chi connectivity index (χ3v) is 3.70. The minimum Gasteiger partial charge on any atom is -0.457 e. The van der Waals surface area contributed by atoms with E-state index in [0.717, 1.165) is 12.8 Å². The van der Waals surface area contributed by atoms with Gasteiger partial charge in [0.05, 0.1) is 6.42 Å². The molecule has 0 amide bonds. The summed E-state index contributed by atoms with van der Waals surface area (Å²) in [5.74, 6) is 0.0429. The number of halogens is 1. The van der Waals surface area contributed by atoms with E-state index in [-0.39, 0.29) is 42.0 Å². The van der Waals surface area contributed by atoms with Crippen molar-refractivity contribution in [3.8, 4) is 0 Å². The summed E-state index contributed by atoms with van der Waals surface area (Å²) in [6, 6.07) is 5.72. The summed E-state index contributed by atoms with van der Waals surface area (Å²) in [6.07, 6.45) is 6.42. The number of anilines is 3. The molecule has 0 saturated heterocycles. The number of aromatic nitrogens is 3. The van der Waals surface area contributed by atoms with Crippen molar-refractivity contribution >= 4 is 23.6 Å². The van der Waals surface area contributed by atoms with E-state index < -0.39 is 0 Å². The van der Waals surface area contributed by atoms with Gasteiger partial charge in [0.2, 0.25) is 11.9 Å². The van der Waals surface area contributed by atoms with Gasteiger partial charge in [-0.15, -0.1) is 0 Å². The Labute approximate surface area is 144 Å². The van der Waals surface area contributed by atoms with E-state index >= 15 is 0 Å². The molecule has 3 rings (SSSR count). The summed E-state index contributed by atoms with van der Waals surface area (Å²) < 4.78 is 18.1. The lowest BCUT2D eigenvalue weighted by atomic mass is 10.1. The van der Waals surface area contributed by atoms with Crippen molar-refractivity contribution in [3.63, 3.8) is 0 Å². The predicted molar refractivity (Wildman–Crippen MR) is 90.2 cm³/mol. The molecule has 1 unspecified atom stereocenters. The van der Waals surface area contributed by atoms with Gasteiger partial charge in [-0.2, -0.15) is 15.0 Å². The minimum atomic E-state index is -0.342. The van der Waals surface area contributed by atoms with Crippen molar-refractivity contribution in [2.45, 2.75) is 25.9 Å². The van der Waals surface area contributed by atoms with Gasteiger partial charge in [-0.05, 0) is 43.0 Å². The monoisotopic (exact) mass is 343 g/mol. The highest BCUT2D eigenvalue weighted by molar-refractivity contribution is 5.70. The smallest absolute Gasteiger partial charge is 0.306 e. The number of nitrogens with two attached hydrogens (primary N) is 1. The van der Waals surface area contributed by atoms with Gasteiger partial charge in [0, 0.05) is 5.69 Å². The van der Waals surface area contributed by atoms with Gasteiger partial charge in [-0.3, -0.25) is 4.79 Å². The molecule has 0 bridgehead atoms. The van der Waals surface area contributed by atoms with Crippen LogP contribution in [-0.2, 0) is 16.1 Å². The number of esters is 1. The predicted octanol–water partition coefficient (Wildman–Crippen LogP) is 2.74. The molecular weight excluding hydrogens is 325 g/mol. The topological polar surface area (TPSA) is 103 Å². The van der Waals surface area contributed by atoms with Crippen LogP contribution in [0.25, 0.3) is 0 Å². The Morgan fingerprint density at radius 2 is 2.08 bits per heavy atom. The van der Waals surface area contributed by atoms with Crippen molar-refractivity contribution in [1.82, 2.24) is 15.0 Å². The maximum atomic E-state index is 12.9. The summed E-state index contributed by atoms with van der Waals surface area (Å²) in [7, 11) is 0. The standard InChI is InChI=1S/C17H18FN5O2/c18-12-5-7-13(8-6-12)20-17-22-14(21-16(19)23-17)10-25-15(24)9-11-3-1-2-4-11/h1,3,5-8,11H,2,4,9-10H2,(H3,19,20,21,22,23). The third kappa shape index (κ3) is 4.97. The number of benzene rings is 1. The van der Waals surface area contributed by atoms with Crippen LogP contribution in [-0.4, -0.2) is 20.9 Å². The fourth-order valence-electron chi connectivity index (χ4n) is 2.50. The second-order valence-electron chi connectivity index (χ2n) is 5.70. The molecule has 0 fully saturated rings. The van der Waals surface area contributed by atoms with Crippen LogP contribution in [0.1, 0.15) is 25.1 Å². The maximum absolute atomic E-state index is 12.9. The lowest BCUT2D eigenvalue weighted by molar-refractivity contribution is -0.146. The Hall–Kier alpha value is -3.03. The average Bonchev–Trinajstić information content (AvgIpc) is 3.08. The van der Waals surface area contributed by atoms with Crippen LogP contribution in [0.3, 0.4) is 0 Å². The number of nitrogens with zero attached hydrogens (tertiary/aromatic N) is 3. The van der Waals surface area contributed by atoms with Gasteiger partial charge in [-0.1, -0.05) is 12.2 Å². The van der Waals surface area contributed by atoms with Gasteiger partial charge in [0.15, 0.2) is 12.4 Å². The summed E-state index contributed by atoms with van der Waals surface area (Å²) in [5, 5.41) is 2.90. The number of hydrogen-bond donors (Lipinski definition) is 2. The number of carbonyl (C=O) groups is 1. The Morgan fingerprint density at radius 3 is 2.80 bits per heavy atom. The number of nitrogens with one attached hydrogen (secondary N) is 1. The molecule has 7 nitrogen and oxygen atoms in total. The van der Waals surface area contributed by atoms with E-state index in [2.05, 4.69) is 26.3 Å². The van der Waals surface area contributed by atoms with Crippen molar-refractivity contribution in [1.29, 1.82) is 0 Å². The highest BCUT2D eigenvalue weighted by Crippen LogP contribution is 2.21. The second kappa shape index (κ2) is 7.69. The normalized spacial score (nSPS) is 16.0. The SMILES string of the molecule is Nc1nc(COC(=O)CC2C=CCC2)nc(Nc2ccc(F)cc2)n1.